The summed E-state index contributed by atoms with van der Waals surface area (Å²) < 4.78 is 30.2. The van der Waals surface area contributed by atoms with Gasteiger partial charge in [-0.2, -0.15) is 0 Å². The van der Waals surface area contributed by atoms with Crippen LogP contribution in [0.25, 0.3) is 5.76 Å². The maximum atomic E-state index is 13.5. The highest BCUT2D eigenvalue weighted by molar-refractivity contribution is 6.51. The first-order valence-electron chi connectivity index (χ1n) is 11.7. The van der Waals surface area contributed by atoms with Crippen LogP contribution in [0.5, 0.6) is 11.5 Å². The van der Waals surface area contributed by atoms with Crippen LogP contribution >= 0.6 is 0 Å². The molecule has 0 spiro atoms. The predicted molar refractivity (Wildman–Crippen MR) is 136 cm³/mol. The standard InChI is InChI=1S/C29H23FN2O6/c1-17-14-24(31-38-17)32-26(25(28(34)29(32)35)27(33)19-8-11-21(30)12-9-19)20-10-13-22(23(15-20)36-2)37-16-18-6-4-3-5-7-18/h3-15,26,33H,16H2,1-2H3/t26-/m0/s1. The molecule has 5 rings (SSSR count). The van der Waals surface area contributed by atoms with Crippen LogP contribution in [0.1, 0.15) is 28.5 Å². The van der Waals surface area contributed by atoms with Gasteiger partial charge in [0, 0.05) is 11.6 Å². The highest BCUT2D eigenvalue weighted by Crippen LogP contribution is 2.44. The molecule has 9 heteroatoms. The Balaban J connectivity index is 1.60. The zero-order valence-corrected chi connectivity index (χ0v) is 20.6. The van der Waals surface area contributed by atoms with Gasteiger partial charge in [-0.25, -0.2) is 4.39 Å². The fourth-order valence-electron chi connectivity index (χ4n) is 4.32. The van der Waals surface area contributed by atoms with Crippen molar-refractivity contribution in [1.29, 1.82) is 0 Å². The molecule has 1 atom stereocenters. The highest BCUT2D eigenvalue weighted by atomic mass is 19.1. The average Bonchev–Trinajstić information content (AvgIpc) is 3.48. The van der Waals surface area contributed by atoms with Crippen molar-refractivity contribution < 1.29 is 33.1 Å². The van der Waals surface area contributed by atoms with Crippen LogP contribution in [0, 0.1) is 12.7 Å². The van der Waals surface area contributed by atoms with Crippen molar-refractivity contribution in [1.82, 2.24) is 5.16 Å². The number of benzene rings is 3. The molecule has 8 nitrogen and oxygen atoms in total. The Morgan fingerprint density at radius 3 is 2.42 bits per heavy atom. The SMILES string of the molecule is COc1cc([C@H]2C(=C(O)c3ccc(F)cc3)C(=O)C(=O)N2c2cc(C)on2)ccc1OCc1ccccc1. The Labute approximate surface area is 217 Å². The van der Waals surface area contributed by atoms with Crippen molar-refractivity contribution in [3.63, 3.8) is 0 Å². The van der Waals surface area contributed by atoms with E-state index in [0.717, 1.165) is 22.6 Å². The number of nitrogens with zero attached hydrogens (tertiary/aromatic N) is 2. The number of rotatable bonds is 7. The Bertz CT molecular complexity index is 1530. The summed E-state index contributed by atoms with van der Waals surface area (Å²) in [6.07, 6.45) is 0. The number of carbonyl (C=O) groups excluding carboxylic acids is 2. The van der Waals surface area contributed by atoms with Gasteiger partial charge in [0.2, 0.25) is 0 Å². The number of anilines is 1. The highest BCUT2D eigenvalue weighted by Gasteiger charge is 2.48. The molecule has 38 heavy (non-hydrogen) atoms. The van der Waals surface area contributed by atoms with Gasteiger partial charge in [-0.1, -0.05) is 41.6 Å². The number of carbonyl (C=O) groups is 2. The number of aliphatic hydroxyl groups excluding tert-OH is 1. The van der Waals surface area contributed by atoms with Gasteiger partial charge in [-0.05, 0) is 54.4 Å². The lowest BCUT2D eigenvalue weighted by molar-refractivity contribution is -0.132. The molecule has 0 radical (unpaired) electrons. The minimum Gasteiger partial charge on any atom is -0.507 e. The van der Waals surface area contributed by atoms with Gasteiger partial charge in [0.15, 0.2) is 17.3 Å². The maximum absolute atomic E-state index is 13.5. The molecule has 0 bridgehead atoms. The van der Waals surface area contributed by atoms with Gasteiger partial charge in [-0.3, -0.25) is 14.5 Å². The van der Waals surface area contributed by atoms with Gasteiger partial charge in [0.1, 0.15) is 23.9 Å². The first kappa shape index (κ1) is 24.8. The molecule has 3 aromatic carbocycles. The summed E-state index contributed by atoms with van der Waals surface area (Å²) >= 11 is 0. The molecule has 192 valence electrons. The number of aliphatic hydroxyl groups is 1. The van der Waals surface area contributed by atoms with Crippen LogP contribution in [0.4, 0.5) is 10.2 Å². The molecule has 1 aliphatic heterocycles. The minimum atomic E-state index is -1.07. The molecule has 0 unspecified atom stereocenters. The van der Waals surface area contributed by atoms with Crippen molar-refractivity contribution in [3.05, 3.63) is 113 Å². The van der Waals surface area contributed by atoms with Gasteiger partial charge in [0.25, 0.3) is 5.78 Å². The van der Waals surface area contributed by atoms with Crippen LogP contribution in [0.15, 0.2) is 89.0 Å². The van der Waals surface area contributed by atoms with E-state index in [-0.39, 0.29) is 17.0 Å². The number of ether oxygens (including phenoxy) is 2. The monoisotopic (exact) mass is 514 g/mol. The lowest BCUT2D eigenvalue weighted by Gasteiger charge is -2.23. The third-order valence-corrected chi connectivity index (χ3v) is 6.17. The van der Waals surface area contributed by atoms with Crippen molar-refractivity contribution in [3.8, 4) is 11.5 Å². The molecule has 1 saturated heterocycles. The summed E-state index contributed by atoms with van der Waals surface area (Å²) in [7, 11) is 1.48. The summed E-state index contributed by atoms with van der Waals surface area (Å²) in [5, 5.41) is 15.1. The molecule has 1 fully saturated rings. The minimum absolute atomic E-state index is 0.108. The van der Waals surface area contributed by atoms with Crippen LogP contribution in [0.3, 0.4) is 0 Å². The van der Waals surface area contributed by atoms with E-state index >= 15 is 0 Å². The number of amides is 1. The fraction of sp³-hybridized carbons (Fsp3) is 0.138. The van der Waals surface area contributed by atoms with E-state index in [1.54, 1.807) is 25.1 Å². The van der Waals surface area contributed by atoms with E-state index in [4.69, 9.17) is 14.0 Å². The topological polar surface area (TPSA) is 102 Å². The van der Waals surface area contributed by atoms with Crippen molar-refractivity contribution in [2.45, 2.75) is 19.6 Å². The van der Waals surface area contributed by atoms with Crippen LogP contribution in [-0.4, -0.2) is 29.1 Å². The Hall–Kier alpha value is -4.92. The summed E-state index contributed by atoms with van der Waals surface area (Å²) in [6, 6.07) is 20.0. The summed E-state index contributed by atoms with van der Waals surface area (Å²) in [6.45, 7) is 1.96. The summed E-state index contributed by atoms with van der Waals surface area (Å²) in [5.74, 6) is -1.41. The maximum Gasteiger partial charge on any atom is 0.301 e. The second-order valence-corrected chi connectivity index (χ2v) is 8.66. The van der Waals surface area contributed by atoms with E-state index in [0.29, 0.717) is 29.4 Å². The van der Waals surface area contributed by atoms with Gasteiger partial charge >= 0.3 is 5.91 Å². The number of halogens is 1. The van der Waals surface area contributed by atoms with Crippen LogP contribution < -0.4 is 14.4 Å². The van der Waals surface area contributed by atoms with Crippen LogP contribution in [-0.2, 0) is 16.2 Å². The van der Waals surface area contributed by atoms with E-state index in [9.17, 15) is 19.1 Å². The molecule has 1 aliphatic rings. The normalized spacial score (nSPS) is 16.6. The van der Waals surface area contributed by atoms with Crippen molar-refractivity contribution in [2.75, 3.05) is 12.0 Å². The quantitative estimate of drug-likeness (QED) is 0.202. The Morgan fingerprint density at radius 1 is 1.03 bits per heavy atom. The molecule has 1 N–H and O–H groups in total. The van der Waals surface area contributed by atoms with E-state index in [2.05, 4.69) is 5.16 Å². The van der Waals surface area contributed by atoms with Gasteiger partial charge in [-0.15, -0.1) is 0 Å². The van der Waals surface area contributed by atoms with E-state index in [1.165, 1.54) is 25.3 Å². The first-order valence-corrected chi connectivity index (χ1v) is 11.7. The number of Topliss-reactive ketones (excluding diaryl/α,β-unsaturated/α-hetero) is 1. The van der Waals surface area contributed by atoms with Crippen LogP contribution in [0.2, 0.25) is 0 Å². The molecule has 1 aromatic heterocycles. The van der Waals surface area contributed by atoms with Crippen molar-refractivity contribution >= 4 is 23.3 Å². The second kappa shape index (κ2) is 10.2. The van der Waals surface area contributed by atoms with Gasteiger partial charge in [0.05, 0.1) is 18.7 Å². The largest absolute Gasteiger partial charge is 0.507 e. The molecule has 0 aliphatic carbocycles. The molecule has 4 aromatic rings. The third-order valence-electron chi connectivity index (χ3n) is 6.17. The first-order chi connectivity index (χ1) is 18.4. The summed E-state index contributed by atoms with van der Waals surface area (Å²) in [5.41, 5.74) is 1.42. The number of methoxy groups -OCH3 is 1. The number of ketones is 1. The lowest BCUT2D eigenvalue weighted by atomic mass is 9.95. The Morgan fingerprint density at radius 2 is 1.76 bits per heavy atom. The van der Waals surface area contributed by atoms with E-state index < -0.39 is 29.3 Å². The number of aryl methyl sites for hydroxylation is 1. The number of hydrogen-bond acceptors (Lipinski definition) is 7. The van der Waals surface area contributed by atoms with Gasteiger partial charge < -0.3 is 19.1 Å². The molecule has 2 heterocycles. The fourth-order valence-corrected chi connectivity index (χ4v) is 4.32. The van der Waals surface area contributed by atoms with Crippen molar-refractivity contribution in [2.24, 2.45) is 0 Å². The number of aromatic nitrogens is 1. The zero-order chi connectivity index (χ0) is 26.8. The average molecular weight is 515 g/mol. The molecular formula is C29H23FN2O6. The predicted octanol–water partition coefficient (Wildman–Crippen LogP) is 5.34. The summed E-state index contributed by atoms with van der Waals surface area (Å²) in [4.78, 5) is 27.6. The molecule has 1 amide bonds. The lowest BCUT2D eigenvalue weighted by Crippen LogP contribution is -2.29. The molecule has 0 saturated carbocycles. The van der Waals surface area contributed by atoms with E-state index in [1.807, 2.05) is 30.3 Å². The Kier molecular flexibility index (Phi) is 6.66. The smallest absolute Gasteiger partial charge is 0.301 e. The molecular weight excluding hydrogens is 491 g/mol. The second-order valence-electron chi connectivity index (χ2n) is 8.66. The number of hydrogen-bond donors (Lipinski definition) is 1. The zero-order valence-electron chi connectivity index (χ0n) is 20.6. The third kappa shape index (κ3) is 4.61.